The predicted molar refractivity (Wildman–Crippen MR) is 49.3 cm³/mol. The molecule has 1 rings (SSSR count). The van der Waals surface area contributed by atoms with Crippen LogP contribution in [-0.4, -0.2) is 39.2 Å². The van der Waals surface area contributed by atoms with Crippen molar-refractivity contribution in [3.05, 3.63) is 0 Å². The summed E-state index contributed by atoms with van der Waals surface area (Å²) in [4.78, 5) is 0. The normalized spacial score (nSPS) is 32.8. The van der Waals surface area contributed by atoms with Gasteiger partial charge in [-0.25, -0.2) is 8.42 Å². The van der Waals surface area contributed by atoms with Gasteiger partial charge in [-0.3, -0.25) is 0 Å². The quantitative estimate of drug-likeness (QED) is 0.679. The van der Waals surface area contributed by atoms with Crippen LogP contribution in [0.2, 0.25) is 0 Å². The zero-order valence-electron chi connectivity index (χ0n) is 6.95. The van der Waals surface area contributed by atoms with Gasteiger partial charge in [-0.15, -0.1) is 12.4 Å². The fraction of sp³-hybridized carbons (Fsp3) is 1.00. The van der Waals surface area contributed by atoms with E-state index in [0.717, 1.165) is 0 Å². The first kappa shape index (κ1) is 12.2. The Kier molecular flexibility index (Phi) is 3.96. The summed E-state index contributed by atoms with van der Waals surface area (Å²) in [6.45, 7) is 0.280. The minimum atomic E-state index is -2.88. The molecule has 12 heavy (non-hydrogen) atoms. The summed E-state index contributed by atoms with van der Waals surface area (Å²) < 4.78 is 27.1. The first-order valence-electron chi connectivity index (χ1n) is 3.49. The highest BCUT2D eigenvalue weighted by molar-refractivity contribution is 7.91. The maximum Gasteiger partial charge on any atom is 0.153 e. The molecule has 0 amide bonds. The predicted octanol–water partition coefficient (Wildman–Crippen LogP) is -0.429. The van der Waals surface area contributed by atoms with E-state index >= 15 is 0 Å². The van der Waals surface area contributed by atoms with Crippen LogP contribution >= 0.6 is 12.4 Å². The van der Waals surface area contributed by atoms with Crippen molar-refractivity contribution in [2.24, 2.45) is 5.73 Å². The molecule has 74 valence electrons. The summed E-state index contributed by atoms with van der Waals surface area (Å²) in [7, 11) is -1.38. The summed E-state index contributed by atoms with van der Waals surface area (Å²) in [6.07, 6.45) is 0.530. The van der Waals surface area contributed by atoms with Gasteiger partial charge in [0.05, 0.1) is 17.1 Å². The average molecular weight is 216 g/mol. The minimum Gasteiger partial charge on any atom is -0.376 e. The Morgan fingerprint density at radius 2 is 2.17 bits per heavy atom. The van der Waals surface area contributed by atoms with Crippen molar-refractivity contribution in [1.82, 2.24) is 0 Å². The van der Waals surface area contributed by atoms with Crippen molar-refractivity contribution >= 4 is 22.2 Å². The molecule has 0 spiro atoms. The lowest BCUT2D eigenvalue weighted by molar-refractivity contribution is 0.0205. The number of methoxy groups -OCH3 is 1. The molecule has 0 aliphatic carbocycles. The molecular weight excluding hydrogens is 202 g/mol. The second kappa shape index (κ2) is 3.91. The fourth-order valence-electron chi connectivity index (χ4n) is 1.29. The Balaban J connectivity index is 0.00000121. The van der Waals surface area contributed by atoms with Gasteiger partial charge in [0, 0.05) is 13.7 Å². The molecule has 1 saturated heterocycles. The zero-order valence-corrected chi connectivity index (χ0v) is 8.58. The third-order valence-electron chi connectivity index (χ3n) is 2.16. The summed E-state index contributed by atoms with van der Waals surface area (Å²) in [5.41, 5.74) is 4.81. The van der Waals surface area contributed by atoms with Gasteiger partial charge in [0.25, 0.3) is 0 Å². The van der Waals surface area contributed by atoms with Gasteiger partial charge >= 0.3 is 0 Å². The van der Waals surface area contributed by atoms with Crippen molar-refractivity contribution < 1.29 is 13.2 Å². The van der Waals surface area contributed by atoms with Crippen LogP contribution in [0.25, 0.3) is 0 Å². The number of halogens is 1. The summed E-state index contributed by atoms with van der Waals surface area (Å²) >= 11 is 0. The van der Waals surface area contributed by atoms with E-state index in [1.807, 2.05) is 0 Å². The van der Waals surface area contributed by atoms with Gasteiger partial charge in [-0.05, 0) is 6.42 Å². The Labute approximate surface area is 78.8 Å². The van der Waals surface area contributed by atoms with Crippen LogP contribution in [0.4, 0.5) is 0 Å². The molecule has 6 heteroatoms. The van der Waals surface area contributed by atoms with Crippen LogP contribution in [0, 0.1) is 0 Å². The second-order valence-electron chi connectivity index (χ2n) is 2.93. The molecule has 1 atom stereocenters. The SMILES string of the molecule is COC1(CN)CCS(=O)(=O)C1.Cl. The second-order valence-corrected chi connectivity index (χ2v) is 5.12. The molecule has 1 aliphatic rings. The van der Waals surface area contributed by atoms with Crippen LogP contribution < -0.4 is 5.73 Å². The van der Waals surface area contributed by atoms with Crippen molar-refractivity contribution in [3.63, 3.8) is 0 Å². The summed E-state index contributed by atoms with van der Waals surface area (Å²) in [6, 6.07) is 0. The molecule has 2 N–H and O–H groups in total. The summed E-state index contributed by atoms with van der Waals surface area (Å²) in [5, 5.41) is 0. The lowest BCUT2D eigenvalue weighted by Gasteiger charge is -2.23. The minimum absolute atomic E-state index is 0. The number of rotatable bonds is 2. The fourth-order valence-corrected chi connectivity index (χ4v) is 3.30. The number of hydrogen-bond acceptors (Lipinski definition) is 4. The summed E-state index contributed by atoms with van der Waals surface area (Å²) in [5.74, 6) is 0.283. The van der Waals surface area contributed by atoms with Crippen LogP contribution in [0.3, 0.4) is 0 Å². The number of ether oxygens (including phenoxy) is 1. The monoisotopic (exact) mass is 215 g/mol. The molecule has 0 saturated carbocycles. The van der Waals surface area contributed by atoms with E-state index < -0.39 is 15.4 Å². The van der Waals surface area contributed by atoms with Crippen molar-refractivity contribution in [3.8, 4) is 0 Å². The molecule has 1 aliphatic heterocycles. The van der Waals surface area contributed by atoms with E-state index in [2.05, 4.69) is 0 Å². The largest absolute Gasteiger partial charge is 0.376 e. The molecule has 0 aromatic heterocycles. The third kappa shape index (κ3) is 2.32. The molecule has 0 aromatic carbocycles. The third-order valence-corrected chi connectivity index (χ3v) is 3.95. The van der Waals surface area contributed by atoms with Crippen LogP contribution in [0.5, 0.6) is 0 Å². The Morgan fingerprint density at radius 3 is 2.33 bits per heavy atom. The Morgan fingerprint density at radius 1 is 1.58 bits per heavy atom. The van der Waals surface area contributed by atoms with Crippen LogP contribution in [-0.2, 0) is 14.6 Å². The molecule has 1 unspecified atom stereocenters. The van der Waals surface area contributed by atoms with E-state index in [9.17, 15) is 8.42 Å². The highest BCUT2D eigenvalue weighted by Gasteiger charge is 2.41. The van der Waals surface area contributed by atoms with Gasteiger partial charge < -0.3 is 10.5 Å². The lowest BCUT2D eigenvalue weighted by Crippen LogP contribution is -2.40. The smallest absolute Gasteiger partial charge is 0.153 e. The first-order valence-corrected chi connectivity index (χ1v) is 5.31. The van der Waals surface area contributed by atoms with Gasteiger partial charge in [-0.2, -0.15) is 0 Å². The molecule has 0 aromatic rings. The lowest BCUT2D eigenvalue weighted by atomic mass is 10.0. The highest BCUT2D eigenvalue weighted by atomic mass is 35.5. The average Bonchev–Trinajstić information content (AvgIpc) is 2.28. The van der Waals surface area contributed by atoms with E-state index in [1.54, 1.807) is 0 Å². The van der Waals surface area contributed by atoms with Gasteiger partial charge in [0.15, 0.2) is 9.84 Å². The number of sulfone groups is 1. The standard InChI is InChI=1S/C6H13NO3S.ClH/c1-10-6(4-7)2-3-11(8,9)5-6;/h2-5,7H2,1H3;1H. The zero-order chi connectivity index (χ0) is 8.54. The Hall–Kier alpha value is 0.160. The molecule has 1 heterocycles. The van der Waals surface area contributed by atoms with Crippen molar-refractivity contribution in [1.29, 1.82) is 0 Å². The topological polar surface area (TPSA) is 69.4 Å². The van der Waals surface area contributed by atoms with Gasteiger partial charge in [0.2, 0.25) is 0 Å². The van der Waals surface area contributed by atoms with Crippen LogP contribution in [0.15, 0.2) is 0 Å². The molecule has 4 nitrogen and oxygen atoms in total. The van der Waals surface area contributed by atoms with Crippen LogP contribution in [0.1, 0.15) is 6.42 Å². The number of nitrogens with two attached hydrogens (primary N) is 1. The van der Waals surface area contributed by atoms with Gasteiger partial charge in [-0.1, -0.05) is 0 Å². The molecule has 0 bridgehead atoms. The molecular formula is C6H14ClNO3S. The van der Waals surface area contributed by atoms with E-state index in [1.165, 1.54) is 7.11 Å². The van der Waals surface area contributed by atoms with Crippen molar-refractivity contribution in [2.75, 3.05) is 25.2 Å². The number of hydrogen-bond donors (Lipinski definition) is 1. The van der Waals surface area contributed by atoms with E-state index in [4.69, 9.17) is 10.5 Å². The van der Waals surface area contributed by atoms with E-state index in [0.29, 0.717) is 6.42 Å². The molecule has 0 radical (unpaired) electrons. The first-order chi connectivity index (χ1) is 5.04. The maximum atomic E-state index is 11.0. The van der Waals surface area contributed by atoms with Gasteiger partial charge in [0.1, 0.15) is 0 Å². The van der Waals surface area contributed by atoms with E-state index in [-0.39, 0.29) is 30.5 Å². The molecule has 1 fully saturated rings. The maximum absolute atomic E-state index is 11.0. The Bertz CT molecular complexity index is 235. The van der Waals surface area contributed by atoms with Crippen molar-refractivity contribution in [2.45, 2.75) is 12.0 Å². The highest BCUT2D eigenvalue weighted by Crippen LogP contribution is 2.25.